The van der Waals surface area contributed by atoms with Gasteiger partial charge < -0.3 is 5.73 Å². The topological polar surface area (TPSA) is 77.6 Å². The molecule has 0 saturated carbocycles. The molecule has 0 radical (unpaired) electrons. The fourth-order valence-electron chi connectivity index (χ4n) is 0.817. The zero-order chi connectivity index (χ0) is 8.39. The Hall–Kier alpha value is -1.56. The Morgan fingerprint density at radius 2 is 1.92 bits per heavy atom. The zero-order valence-corrected chi connectivity index (χ0v) is 6.82. The zero-order valence-electron chi connectivity index (χ0n) is 6.01. The Labute approximate surface area is 72.6 Å². The Morgan fingerprint density at radius 3 is 2.50 bits per heavy atom. The van der Waals surface area contributed by atoms with Gasteiger partial charge in [0.25, 0.3) is 0 Å². The third-order valence-electron chi connectivity index (χ3n) is 1.35. The summed E-state index contributed by atoms with van der Waals surface area (Å²) < 4.78 is 7.86. The summed E-state index contributed by atoms with van der Waals surface area (Å²) in [7, 11) is 0. The van der Waals surface area contributed by atoms with E-state index in [1.54, 1.807) is 12.4 Å². The fraction of sp³-hybridized carbons (Fsp3) is 0. The van der Waals surface area contributed by atoms with Crippen LogP contribution < -0.4 is 5.73 Å². The van der Waals surface area contributed by atoms with E-state index in [1.165, 1.54) is 6.33 Å². The summed E-state index contributed by atoms with van der Waals surface area (Å²) >= 11 is 1.08. The quantitative estimate of drug-likeness (QED) is 0.692. The maximum absolute atomic E-state index is 5.55. The van der Waals surface area contributed by atoms with Gasteiger partial charge in [0.15, 0.2) is 5.82 Å². The third-order valence-corrected chi connectivity index (χ3v) is 1.89. The van der Waals surface area contributed by atoms with Crippen molar-refractivity contribution in [3.05, 3.63) is 18.7 Å². The Kier molecular flexibility index (Phi) is 1.67. The summed E-state index contributed by atoms with van der Waals surface area (Å²) in [5.74, 6) is 0.426. The number of anilines is 1. The highest BCUT2D eigenvalue weighted by atomic mass is 32.1. The summed E-state index contributed by atoms with van der Waals surface area (Å²) in [6, 6.07) is 0. The maximum Gasteiger partial charge on any atom is 0.165 e. The van der Waals surface area contributed by atoms with Crippen LogP contribution in [-0.4, -0.2) is 18.7 Å². The Balaban J connectivity index is 2.51. The number of nitrogens with two attached hydrogens (primary N) is 1. The highest BCUT2D eigenvalue weighted by Crippen LogP contribution is 2.20. The lowest BCUT2D eigenvalue weighted by Gasteiger charge is -1.92. The van der Waals surface area contributed by atoms with Crippen molar-refractivity contribution in [3.8, 4) is 11.3 Å². The van der Waals surface area contributed by atoms with Crippen LogP contribution in [0.2, 0.25) is 0 Å². The number of aromatic nitrogens is 4. The molecule has 2 rings (SSSR count). The first kappa shape index (κ1) is 7.11. The standard InChI is InChI=1S/C6H5N5S/c7-6-5(10-12-11-6)4-1-8-3-9-2-4/h1-3H,(H2,7,11). The average Bonchev–Trinajstić information content (AvgIpc) is 2.53. The van der Waals surface area contributed by atoms with Crippen LogP contribution >= 0.6 is 11.7 Å². The van der Waals surface area contributed by atoms with E-state index in [0.29, 0.717) is 11.5 Å². The molecular weight excluding hydrogens is 174 g/mol. The lowest BCUT2D eigenvalue weighted by atomic mass is 10.2. The molecule has 2 N–H and O–H groups in total. The first-order valence-corrected chi connectivity index (χ1v) is 3.94. The van der Waals surface area contributed by atoms with Gasteiger partial charge in [-0.1, -0.05) is 0 Å². The molecule has 0 aliphatic carbocycles. The van der Waals surface area contributed by atoms with E-state index in [-0.39, 0.29) is 0 Å². The van der Waals surface area contributed by atoms with Crippen LogP contribution in [-0.2, 0) is 0 Å². The second-order valence-electron chi connectivity index (χ2n) is 2.13. The van der Waals surface area contributed by atoms with Gasteiger partial charge in [0, 0.05) is 18.0 Å². The Morgan fingerprint density at radius 1 is 1.17 bits per heavy atom. The van der Waals surface area contributed by atoms with Crippen LogP contribution in [0.5, 0.6) is 0 Å². The van der Waals surface area contributed by atoms with Crippen LogP contribution in [0.1, 0.15) is 0 Å². The van der Waals surface area contributed by atoms with Gasteiger partial charge >= 0.3 is 0 Å². The third kappa shape index (κ3) is 1.12. The number of nitrogen functional groups attached to an aromatic ring is 1. The van der Waals surface area contributed by atoms with E-state index < -0.39 is 0 Å². The second-order valence-corrected chi connectivity index (χ2v) is 2.65. The largest absolute Gasteiger partial charge is 0.381 e. The molecule has 0 bridgehead atoms. The average molecular weight is 179 g/mol. The summed E-state index contributed by atoms with van der Waals surface area (Å²) in [5, 5.41) is 0. The predicted molar refractivity (Wildman–Crippen MR) is 45.3 cm³/mol. The monoisotopic (exact) mass is 179 g/mol. The maximum atomic E-state index is 5.55. The van der Waals surface area contributed by atoms with Crippen LogP contribution in [0.15, 0.2) is 18.7 Å². The van der Waals surface area contributed by atoms with Gasteiger partial charge in [0.1, 0.15) is 12.0 Å². The van der Waals surface area contributed by atoms with Crippen molar-refractivity contribution in [2.45, 2.75) is 0 Å². The number of hydrogen-bond acceptors (Lipinski definition) is 6. The summed E-state index contributed by atoms with van der Waals surface area (Å²) in [5.41, 5.74) is 7.00. The summed E-state index contributed by atoms with van der Waals surface area (Å²) in [6.45, 7) is 0. The van der Waals surface area contributed by atoms with Gasteiger partial charge in [0.05, 0.1) is 11.7 Å². The van der Waals surface area contributed by atoms with Gasteiger partial charge in [-0.2, -0.15) is 8.75 Å². The lowest BCUT2D eigenvalue weighted by Crippen LogP contribution is -1.89. The molecule has 0 aliphatic heterocycles. The molecule has 5 nitrogen and oxygen atoms in total. The molecule has 12 heavy (non-hydrogen) atoms. The number of nitrogens with zero attached hydrogens (tertiary/aromatic N) is 4. The second kappa shape index (κ2) is 2.82. The first-order valence-electron chi connectivity index (χ1n) is 3.21. The van der Waals surface area contributed by atoms with E-state index >= 15 is 0 Å². The molecule has 0 amide bonds. The van der Waals surface area contributed by atoms with E-state index in [9.17, 15) is 0 Å². The molecule has 2 aromatic heterocycles. The molecule has 0 aromatic carbocycles. The highest BCUT2D eigenvalue weighted by Gasteiger charge is 2.06. The molecule has 0 unspecified atom stereocenters. The van der Waals surface area contributed by atoms with E-state index in [2.05, 4.69) is 18.7 Å². The van der Waals surface area contributed by atoms with Gasteiger partial charge in [-0.05, 0) is 0 Å². The van der Waals surface area contributed by atoms with Crippen LogP contribution in [0, 0.1) is 0 Å². The van der Waals surface area contributed by atoms with Crippen LogP contribution in [0.4, 0.5) is 5.82 Å². The normalized spacial score (nSPS) is 10.0. The van der Waals surface area contributed by atoms with Gasteiger partial charge in [-0.25, -0.2) is 9.97 Å². The van der Waals surface area contributed by atoms with Crippen molar-refractivity contribution < 1.29 is 0 Å². The molecule has 0 fully saturated rings. The minimum Gasteiger partial charge on any atom is -0.381 e. The van der Waals surface area contributed by atoms with Crippen LogP contribution in [0.3, 0.4) is 0 Å². The van der Waals surface area contributed by atoms with Crippen molar-refractivity contribution in [2.75, 3.05) is 5.73 Å². The van der Waals surface area contributed by atoms with E-state index in [0.717, 1.165) is 17.3 Å². The molecule has 2 heterocycles. The van der Waals surface area contributed by atoms with E-state index in [4.69, 9.17) is 5.73 Å². The van der Waals surface area contributed by atoms with Crippen molar-refractivity contribution in [3.63, 3.8) is 0 Å². The minimum absolute atomic E-state index is 0.426. The molecule has 0 saturated heterocycles. The number of hydrogen-bond donors (Lipinski definition) is 1. The molecule has 2 aromatic rings. The van der Waals surface area contributed by atoms with Gasteiger partial charge in [-0.3, -0.25) is 0 Å². The lowest BCUT2D eigenvalue weighted by molar-refractivity contribution is 1.17. The molecular formula is C6H5N5S. The van der Waals surface area contributed by atoms with Crippen molar-refractivity contribution in [1.82, 2.24) is 18.7 Å². The van der Waals surface area contributed by atoms with E-state index in [1.807, 2.05) is 0 Å². The summed E-state index contributed by atoms with van der Waals surface area (Å²) in [4.78, 5) is 7.70. The summed E-state index contributed by atoms with van der Waals surface area (Å²) in [6.07, 6.45) is 4.76. The SMILES string of the molecule is Nc1nsnc1-c1cncnc1. The van der Waals surface area contributed by atoms with Crippen LogP contribution in [0.25, 0.3) is 11.3 Å². The molecule has 0 spiro atoms. The predicted octanol–water partition coefficient (Wildman–Crippen LogP) is 0.577. The molecule has 0 aliphatic rings. The van der Waals surface area contributed by atoms with Crippen molar-refractivity contribution >= 4 is 17.5 Å². The van der Waals surface area contributed by atoms with Crippen molar-refractivity contribution in [1.29, 1.82) is 0 Å². The molecule has 0 atom stereocenters. The minimum atomic E-state index is 0.426. The first-order chi connectivity index (χ1) is 5.88. The Bertz CT molecular complexity index is 370. The van der Waals surface area contributed by atoms with Gasteiger partial charge in [0.2, 0.25) is 0 Å². The van der Waals surface area contributed by atoms with Gasteiger partial charge in [-0.15, -0.1) is 0 Å². The van der Waals surface area contributed by atoms with Crippen molar-refractivity contribution in [2.24, 2.45) is 0 Å². The fourth-order valence-corrected chi connectivity index (χ4v) is 1.31. The smallest absolute Gasteiger partial charge is 0.165 e. The highest BCUT2D eigenvalue weighted by molar-refractivity contribution is 6.99. The molecule has 6 heteroatoms. The molecule has 60 valence electrons. The number of rotatable bonds is 1.